The number of carbonyl (C=O) groups excluding carboxylic acids is 2. The lowest BCUT2D eigenvalue weighted by Crippen LogP contribution is -2.30. The number of hydrogen-bond donors (Lipinski definition) is 1. The molecule has 0 aliphatic carbocycles. The Balaban J connectivity index is 1.90. The van der Waals surface area contributed by atoms with Gasteiger partial charge in [0, 0.05) is 13.0 Å². The first-order valence-corrected chi connectivity index (χ1v) is 6.78. The Morgan fingerprint density at radius 3 is 2.86 bits per heavy atom. The van der Waals surface area contributed by atoms with Gasteiger partial charge in [-0.15, -0.1) is 5.10 Å². The molecule has 8 nitrogen and oxygen atoms in total. The highest BCUT2D eigenvalue weighted by Crippen LogP contribution is 2.03. The first-order valence-electron chi connectivity index (χ1n) is 6.78. The molecule has 0 aliphatic heterocycles. The average Bonchev–Trinajstić information content (AvgIpc) is 2.55. The van der Waals surface area contributed by atoms with Gasteiger partial charge in [0.15, 0.2) is 0 Å². The molecule has 0 fully saturated rings. The molecule has 0 atom stereocenters. The van der Waals surface area contributed by atoms with Gasteiger partial charge in [0.25, 0.3) is 5.56 Å². The van der Waals surface area contributed by atoms with Gasteiger partial charge < -0.3 is 10.1 Å². The maximum Gasteiger partial charge on any atom is 0.325 e. The molecule has 116 valence electrons. The lowest BCUT2D eigenvalue weighted by molar-refractivity contribution is -0.141. The Bertz CT molecular complexity index is 741. The average molecular weight is 304 g/mol. The van der Waals surface area contributed by atoms with Crippen molar-refractivity contribution in [3.63, 3.8) is 0 Å². The van der Waals surface area contributed by atoms with Crippen LogP contribution < -0.4 is 10.9 Å². The molecule has 8 heteroatoms. The number of nitrogens with zero attached hydrogens (tertiary/aromatic N) is 3. The molecular formula is C14H16N4O4. The van der Waals surface area contributed by atoms with Gasteiger partial charge in [-0.2, -0.15) is 0 Å². The molecule has 2 rings (SSSR count). The monoisotopic (exact) mass is 304 g/mol. The second-order valence-corrected chi connectivity index (χ2v) is 4.59. The van der Waals surface area contributed by atoms with E-state index in [4.69, 9.17) is 0 Å². The number of amides is 1. The number of aryl methyl sites for hydroxylation is 1. The van der Waals surface area contributed by atoms with Crippen LogP contribution in [0.2, 0.25) is 0 Å². The van der Waals surface area contributed by atoms with E-state index in [1.807, 2.05) is 0 Å². The van der Waals surface area contributed by atoms with E-state index in [1.165, 1.54) is 11.8 Å². The number of aromatic nitrogens is 3. The molecule has 1 heterocycles. The van der Waals surface area contributed by atoms with Crippen LogP contribution in [-0.4, -0.2) is 40.5 Å². The Hall–Kier alpha value is -2.77. The Kier molecular flexibility index (Phi) is 5.18. The second-order valence-electron chi connectivity index (χ2n) is 4.59. The number of benzene rings is 1. The zero-order chi connectivity index (χ0) is 15.9. The summed E-state index contributed by atoms with van der Waals surface area (Å²) in [6, 6.07) is 6.95. The molecule has 2 aromatic rings. The molecule has 0 saturated carbocycles. The SMILES string of the molecule is COC(=O)CNC(=O)CCCn1nnc2ccccc2c1=O. The van der Waals surface area contributed by atoms with E-state index in [1.54, 1.807) is 24.3 Å². The molecular weight excluding hydrogens is 288 g/mol. The molecule has 0 aliphatic rings. The van der Waals surface area contributed by atoms with Gasteiger partial charge >= 0.3 is 5.97 Å². The number of fused-ring (bicyclic) bond motifs is 1. The minimum Gasteiger partial charge on any atom is -0.468 e. The Morgan fingerprint density at radius 2 is 2.09 bits per heavy atom. The summed E-state index contributed by atoms with van der Waals surface area (Å²) < 4.78 is 5.65. The number of ether oxygens (including phenoxy) is 1. The fourth-order valence-corrected chi connectivity index (χ4v) is 1.89. The predicted molar refractivity (Wildman–Crippen MR) is 78.1 cm³/mol. The predicted octanol–water partition coefficient (Wildman–Crippen LogP) is -0.139. The maximum atomic E-state index is 12.2. The van der Waals surface area contributed by atoms with Crippen LogP contribution in [-0.2, 0) is 20.9 Å². The van der Waals surface area contributed by atoms with E-state index < -0.39 is 5.97 Å². The van der Waals surface area contributed by atoms with Gasteiger partial charge in [-0.1, -0.05) is 17.3 Å². The van der Waals surface area contributed by atoms with Crippen molar-refractivity contribution < 1.29 is 14.3 Å². The quantitative estimate of drug-likeness (QED) is 0.745. The topological polar surface area (TPSA) is 103 Å². The maximum absolute atomic E-state index is 12.2. The highest BCUT2D eigenvalue weighted by atomic mass is 16.5. The smallest absolute Gasteiger partial charge is 0.325 e. The van der Waals surface area contributed by atoms with Crippen LogP contribution in [0.1, 0.15) is 12.8 Å². The minimum absolute atomic E-state index is 0.162. The number of esters is 1. The van der Waals surface area contributed by atoms with Crippen molar-refractivity contribution in [3.05, 3.63) is 34.6 Å². The van der Waals surface area contributed by atoms with Crippen LogP contribution in [0.3, 0.4) is 0 Å². The largest absolute Gasteiger partial charge is 0.468 e. The lowest BCUT2D eigenvalue weighted by atomic mass is 10.2. The van der Waals surface area contributed by atoms with Crippen molar-refractivity contribution in [2.45, 2.75) is 19.4 Å². The summed E-state index contributed by atoms with van der Waals surface area (Å²) in [6.07, 6.45) is 0.595. The summed E-state index contributed by atoms with van der Waals surface area (Å²) in [7, 11) is 1.25. The van der Waals surface area contributed by atoms with E-state index >= 15 is 0 Å². The first kappa shape index (κ1) is 15.6. The molecule has 1 aromatic carbocycles. The summed E-state index contributed by atoms with van der Waals surface area (Å²) in [5, 5.41) is 10.7. The number of rotatable bonds is 6. The van der Waals surface area contributed by atoms with Crippen LogP contribution >= 0.6 is 0 Å². The third-order valence-corrected chi connectivity index (χ3v) is 3.06. The Labute approximate surface area is 126 Å². The number of nitrogens with one attached hydrogen (secondary N) is 1. The van der Waals surface area contributed by atoms with Crippen molar-refractivity contribution in [3.8, 4) is 0 Å². The summed E-state index contributed by atoms with van der Waals surface area (Å²) in [4.78, 5) is 34.5. The third kappa shape index (κ3) is 3.87. The van der Waals surface area contributed by atoms with Crippen molar-refractivity contribution in [2.24, 2.45) is 0 Å². The standard InChI is InChI=1S/C14H16N4O4/c1-22-13(20)9-15-12(19)7-4-8-18-14(21)10-5-2-3-6-11(10)16-17-18/h2-3,5-6H,4,7-9H2,1H3,(H,15,19). The van der Waals surface area contributed by atoms with E-state index in [9.17, 15) is 14.4 Å². The zero-order valence-corrected chi connectivity index (χ0v) is 12.1. The molecule has 1 amide bonds. The molecule has 22 heavy (non-hydrogen) atoms. The highest BCUT2D eigenvalue weighted by Gasteiger charge is 2.07. The van der Waals surface area contributed by atoms with Gasteiger partial charge in [0.2, 0.25) is 5.91 Å². The molecule has 0 unspecified atom stereocenters. The van der Waals surface area contributed by atoms with E-state index in [0.29, 0.717) is 17.3 Å². The van der Waals surface area contributed by atoms with Gasteiger partial charge in [-0.25, -0.2) is 4.68 Å². The lowest BCUT2D eigenvalue weighted by Gasteiger charge is -2.05. The molecule has 0 saturated heterocycles. The molecule has 0 bridgehead atoms. The third-order valence-electron chi connectivity index (χ3n) is 3.06. The summed E-state index contributed by atoms with van der Waals surface area (Å²) in [5.41, 5.74) is 0.306. The van der Waals surface area contributed by atoms with Crippen molar-refractivity contribution >= 4 is 22.8 Å². The minimum atomic E-state index is -0.509. The fraction of sp³-hybridized carbons (Fsp3) is 0.357. The van der Waals surface area contributed by atoms with Crippen LogP contribution in [0.5, 0.6) is 0 Å². The van der Waals surface area contributed by atoms with E-state index in [0.717, 1.165) is 0 Å². The normalized spacial score (nSPS) is 10.4. The van der Waals surface area contributed by atoms with Crippen molar-refractivity contribution in [1.29, 1.82) is 0 Å². The molecule has 0 radical (unpaired) electrons. The van der Waals surface area contributed by atoms with Crippen molar-refractivity contribution in [2.75, 3.05) is 13.7 Å². The highest BCUT2D eigenvalue weighted by molar-refractivity contribution is 5.81. The first-order chi connectivity index (χ1) is 10.6. The van der Waals surface area contributed by atoms with E-state index in [-0.39, 0.29) is 31.0 Å². The zero-order valence-electron chi connectivity index (χ0n) is 12.1. The second kappa shape index (κ2) is 7.30. The summed E-state index contributed by atoms with van der Waals surface area (Å²) in [5.74, 6) is -0.794. The fourth-order valence-electron chi connectivity index (χ4n) is 1.89. The van der Waals surface area contributed by atoms with Gasteiger partial charge in [-0.05, 0) is 18.6 Å². The Morgan fingerprint density at radius 1 is 1.32 bits per heavy atom. The molecule has 1 aromatic heterocycles. The van der Waals surface area contributed by atoms with Crippen LogP contribution in [0.4, 0.5) is 0 Å². The van der Waals surface area contributed by atoms with Crippen LogP contribution in [0, 0.1) is 0 Å². The van der Waals surface area contributed by atoms with Gasteiger partial charge in [0.1, 0.15) is 12.1 Å². The molecule has 1 N–H and O–H groups in total. The van der Waals surface area contributed by atoms with Crippen LogP contribution in [0.25, 0.3) is 10.9 Å². The number of methoxy groups -OCH3 is 1. The summed E-state index contributed by atoms with van der Waals surface area (Å²) >= 11 is 0. The van der Waals surface area contributed by atoms with Gasteiger partial charge in [-0.3, -0.25) is 14.4 Å². The molecule has 0 spiro atoms. The number of carbonyl (C=O) groups is 2. The van der Waals surface area contributed by atoms with E-state index in [2.05, 4.69) is 20.4 Å². The van der Waals surface area contributed by atoms with Gasteiger partial charge in [0.05, 0.1) is 12.5 Å². The van der Waals surface area contributed by atoms with Crippen molar-refractivity contribution in [1.82, 2.24) is 20.3 Å². The van der Waals surface area contributed by atoms with Crippen LogP contribution in [0.15, 0.2) is 29.1 Å². The number of hydrogen-bond acceptors (Lipinski definition) is 6. The summed E-state index contributed by atoms with van der Waals surface area (Å²) in [6.45, 7) is 0.118.